The van der Waals surface area contributed by atoms with Crippen molar-refractivity contribution in [3.8, 4) is 22.3 Å². The van der Waals surface area contributed by atoms with E-state index in [1.54, 1.807) is 0 Å². The van der Waals surface area contributed by atoms with Crippen LogP contribution >= 0.6 is 0 Å². The van der Waals surface area contributed by atoms with Crippen molar-refractivity contribution in [2.24, 2.45) is 0 Å². The molecule has 0 aliphatic carbocycles. The maximum Gasteiger partial charge on any atom is 0.282 e. The third-order valence-electron chi connectivity index (χ3n) is 9.57. The number of fused-ring (bicyclic) bond motifs is 5. The smallest absolute Gasteiger partial charge is 0.282 e. The van der Waals surface area contributed by atoms with Crippen LogP contribution in [0.3, 0.4) is 0 Å². The van der Waals surface area contributed by atoms with E-state index >= 15 is 0 Å². The molecule has 7 aromatic carbocycles. The fraction of sp³-hybridized carbons (Fsp3) is 0.0233. The Hall–Kier alpha value is -6.46. The summed E-state index contributed by atoms with van der Waals surface area (Å²) in [5.74, 6) is -0.911. The first-order valence-corrected chi connectivity index (χ1v) is 16.3. The summed E-state index contributed by atoms with van der Waals surface area (Å²) in [4.78, 5) is 4.79. The zero-order valence-corrected chi connectivity index (χ0v) is 26.0. The molecule has 2 aliphatic rings. The number of nitrogens with one attached hydrogen (secondary N) is 2. The molecule has 0 unspecified atom stereocenters. The standard InChI is InChI=1S/C43H30N4O/c1-3-13-29(14-4-1)31-17-11-19-33(25-31)46-39-22-8-9-23-40(39)47(34-20-12-18-32(26-34)30-15-5-2-6-16-30)43(46)44-37-27-36-35-21-7-10-24-41(35)48-42(36)28-38(37)45-43/h1-28,44-45H. The molecule has 0 atom stereocenters. The minimum Gasteiger partial charge on any atom is -0.456 e. The topological polar surface area (TPSA) is 43.7 Å². The summed E-state index contributed by atoms with van der Waals surface area (Å²) in [6.07, 6.45) is 0. The van der Waals surface area contributed by atoms with Gasteiger partial charge >= 0.3 is 0 Å². The number of hydrogen-bond acceptors (Lipinski definition) is 5. The Bertz CT molecular complexity index is 2380. The van der Waals surface area contributed by atoms with Gasteiger partial charge in [-0.2, -0.15) is 0 Å². The van der Waals surface area contributed by atoms with E-state index in [4.69, 9.17) is 4.42 Å². The van der Waals surface area contributed by atoms with Crippen LogP contribution in [-0.2, 0) is 0 Å². The second kappa shape index (κ2) is 10.3. The van der Waals surface area contributed by atoms with Crippen molar-refractivity contribution < 1.29 is 4.42 Å². The molecule has 0 amide bonds. The molecule has 0 fully saturated rings. The summed E-state index contributed by atoms with van der Waals surface area (Å²) in [5, 5.41) is 10.2. The molecule has 10 rings (SSSR count). The fourth-order valence-electron chi connectivity index (χ4n) is 7.46. The molecule has 5 heteroatoms. The predicted molar refractivity (Wildman–Crippen MR) is 198 cm³/mol. The van der Waals surface area contributed by atoms with Crippen LogP contribution in [0.2, 0.25) is 0 Å². The van der Waals surface area contributed by atoms with Crippen molar-refractivity contribution in [3.05, 3.63) is 170 Å². The van der Waals surface area contributed by atoms with E-state index in [2.05, 4.69) is 178 Å². The van der Waals surface area contributed by atoms with Crippen LogP contribution < -0.4 is 20.4 Å². The van der Waals surface area contributed by atoms with Crippen LogP contribution in [0, 0.1) is 0 Å². The molecule has 1 aromatic heterocycles. The molecule has 3 heterocycles. The molecule has 1 spiro atoms. The highest BCUT2D eigenvalue weighted by Crippen LogP contribution is 2.56. The van der Waals surface area contributed by atoms with Gasteiger partial charge in [-0.1, -0.05) is 115 Å². The molecule has 8 aromatic rings. The van der Waals surface area contributed by atoms with Gasteiger partial charge in [0.1, 0.15) is 11.2 Å². The highest BCUT2D eigenvalue weighted by Gasteiger charge is 2.55. The highest BCUT2D eigenvalue weighted by molar-refractivity contribution is 6.09. The van der Waals surface area contributed by atoms with Crippen LogP contribution in [0.1, 0.15) is 0 Å². The lowest BCUT2D eigenvalue weighted by atomic mass is 10.0. The molecular weight excluding hydrogens is 589 g/mol. The van der Waals surface area contributed by atoms with Crippen molar-refractivity contribution in [1.82, 2.24) is 0 Å². The third kappa shape index (κ3) is 3.98. The van der Waals surface area contributed by atoms with Gasteiger partial charge in [-0.05, 0) is 70.8 Å². The summed E-state index contributed by atoms with van der Waals surface area (Å²) in [5.41, 5.74) is 12.7. The summed E-state index contributed by atoms with van der Waals surface area (Å²) >= 11 is 0. The number of para-hydroxylation sites is 3. The van der Waals surface area contributed by atoms with E-state index in [-0.39, 0.29) is 0 Å². The molecule has 0 saturated carbocycles. The van der Waals surface area contributed by atoms with Crippen LogP contribution in [0.25, 0.3) is 44.2 Å². The largest absolute Gasteiger partial charge is 0.456 e. The number of anilines is 6. The Labute approximate surface area is 278 Å². The van der Waals surface area contributed by atoms with Gasteiger partial charge in [-0.3, -0.25) is 9.80 Å². The minimum absolute atomic E-state index is 0.854. The Morgan fingerprint density at radius 3 is 1.50 bits per heavy atom. The van der Waals surface area contributed by atoms with Crippen LogP contribution in [-0.4, -0.2) is 5.91 Å². The zero-order chi connectivity index (χ0) is 31.7. The average Bonchev–Trinajstić information content (AvgIpc) is 3.79. The fourth-order valence-corrected chi connectivity index (χ4v) is 7.46. The lowest BCUT2D eigenvalue weighted by Crippen LogP contribution is -2.62. The molecule has 48 heavy (non-hydrogen) atoms. The maximum atomic E-state index is 6.35. The van der Waals surface area contributed by atoms with E-state index in [1.165, 1.54) is 11.1 Å². The van der Waals surface area contributed by atoms with Gasteiger partial charge in [-0.15, -0.1) is 0 Å². The average molecular weight is 619 g/mol. The van der Waals surface area contributed by atoms with Crippen LogP contribution in [0.4, 0.5) is 34.1 Å². The molecule has 0 bridgehead atoms. The Kier molecular flexibility index (Phi) is 5.72. The lowest BCUT2D eigenvalue weighted by Gasteiger charge is -2.43. The van der Waals surface area contributed by atoms with E-state index in [1.807, 2.05) is 12.1 Å². The molecular formula is C43H30N4O. The predicted octanol–water partition coefficient (Wildman–Crippen LogP) is 11.4. The Morgan fingerprint density at radius 2 is 0.896 bits per heavy atom. The van der Waals surface area contributed by atoms with Crippen molar-refractivity contribution in [2.45, 2.75) is 5.91 Å². The zero-order valence-electron chi connectivity index (χ0n) is 26.0. The number of furan rings is 1. The van der Waals surface area contributed by atoms with Crippen molar-refractivity contribution in [2.75, 3.05) is 20.4 Å². The highest BCUT2D eigenvalue weighted by atomic mass is 16.3. The van der Waals surface area contributed by atoms with Gasteiger partial charge in [0, 0.05) is 28.2 Å². The van der Waals surface area contributed by atoms with Gasteiger partial charge < -0.3 is 15.1 Å². The van der Waals surface area contributed by atoms with Gasteiger partial charge in [0.2, 0.25) is 0 Å². The first kappa shape index (κ1) is 26.7. The van der Waals surface area contributed by atoms with E-state index in [0.29, 0.717) is 0 Å². The molecule has 2 N–H and O–H groups in total. The van der Waals surface area contributed by atoms with Gasteiger partial charge in [-0.25, -0.2) is 0 Å². The Morgan fingerprint density at radius 1 is 0.396 bits per heavy atom. The van der Waals surface area contributed by atoms with E-state index in [0.717, 1.165) is 67.2 Å². The third-order valence-corrected chi connectivity index (χ3v) is 9.57. The molecule has 0 radical (unpaired) electrons. The van der Waals surface area contributed by atoms with Crippen LogP contribution in [0.5, 0.6) is 0 Å². The first-order chi connectivity index (χ1) is 23.7. The van der Waals surface area contributed by atoms with Crippen molar-refractivity contribution in [1.29, 1.82) is 0 Å². The number of nitrogens with zero attached hydrogens (tertiary/aromatic N) is 2. The van der Waals surface area contributed by atoms with Gasteiger partial charge in [0.05, 0.1) is 22.7 Å². The first-order valence-electron chi connectivity index (χ1n) is 16.3. The molecule has 5 nitrogen and oxygen atoms in total. The maximum absolute atomic E-state index is 6.35. The summed E-state index contributed by atoms with van der Waals surface area (Å²) in [7, 11) is 0. The lowest BCUT2D eigenvalue weighted by molar-refractivity contribution is 0.590. The monoisotopic (exact) mass is 618 g/mol. The van der Waals surface area contributed by atoms with Gasteiger partial charge in [0.25, 0.3) is 5.91 Å². The molecule has 228 valence electrons. The Balaban J connectivity index is 1.20. The molecule has 2 aliphatic heterocycles. The quantitative estimate of drug-likeness (QED) is 0.205. The van der Waals surface area contributed by atoms with Gasteiger partial charge in [0.15, 0.2) is 0 Å². The van der Waals surface area contributed by atoms with Crippen molar-refractivity contribution >= 4 is 56.1 Å². The second-order valence-electron chi connectivity index (χ2n) is 12.4. The minimum atomic E-state index is -0.911. The normalized spacial score (nSPS) is 14.2. The molecule has 0 saturated heterocycles. The number of hydrogen-bond donors (Lipinski definition) is 2. The second-order valence-corrected chi connectivity index (χ2v) is 12.4. The number of rotatable bonds is 4. The summed E-state index contributed by atoms with van der Waals surface area (Å²) in [6, 6.07) is 60.0. The van der Waals surface area contributed by atoms with Crippen LogP contribution in [0.15, 0.2) is 174 Å². The van der Waals surface area contributed by atoms with E-state index < -0.39 is 5.91 Å². The van der Waals surface area contributed by atoms with Crippen molar-refractivity contribution in [3.63, 3.8) is 0 Å². The summed E-state index contributed by atoms with van der Waals surface area (Å²) in [6.45, 7) is 0. The summed E-state index contributed by atoms with van der Waals surface area (Å²) < 4.78 is 6.35. The SMILES string of the molecule is c1ccc(-c2cccc(N3c4ccccc4N(c4cccc(-c5ccccc5)c4)C34Nc3cc5oc6ccccc6c5cc3N4)c2)cc1. The van der Waals surface area contributed by atoms with E-state index in [9.17, 15) is 0 Å². The number of benzene rings is 7.